The van der Waals surface area contributed by atoms with Gasteiger partial charge in [0.05, 0.1) is 23.6 Å². The summed E-state index contributed by atoms with van der Waals surface area (Å²) in [5.41, 5.74) is 0.252. The van der Waals surface area contributed by atoms with Crippen molar-refractivity contribution in [3.8, 4) is 17.2 Å². The first-order valence-corrected chi connectivity index (χ1v) is 17.0. The first-order chi connectivity index (χ1) is 22.0. The number of nitrogens with zero attached hydrogens (tertiary/aromatic N) is 1. The van der Waals surface area contributed by atoms with Crippen LogP contribution in [0.5, 0.6) is 17.2 Å². The van der Waals surface area contributed by atoms with Crippen LogP contribution in [-0.2, 0) is 28.0 Å². The summed E-state index contributed by atoms with van der Waals surface area (Å²) in [4.78, 5) is 52.5. The number of carbonyl (C=O) groups is 3. The lowest BCUT2D eigenvalue weighted by Gasteiger charge is -2.34. The van der Waals surface area contributed by atoms with E-state index in [9.17, 15) is 23.8 Å². The summed E-state index contributed by atoms with van der Waals surface area (Å²) >= 11 is 1.27. The quantitative estimate of drug-likeness (QED) is 0.0999. The fourth-order valence-corrected chi connectivity index (χ4v) is 5.56. The molecule has 3 unspecified atom stereocenters. The van der Waals surface area contributed by atoms with Crippen LogP contribution in [-0.4, -0.2) is 58.3 Å². The summed E-state index contributed by atoms with van der Waals surface area (Å²) in [5.74, 6) is -1.82. The third kappa shape index (κ3) is 11.5. The van der Waals surface area contributed by atoms with Gasteiger partial charge in [0.15, 0.2) is 11.2 Å². The Bertz CT molecular complexity index is 1560. The standard InChI is InChI=1S/C31H39N2O12PS/c1-18(2)39-24-15-22(27(34)33-28-32-13-14-47-28)16-25(17-24)43-23-9-11-26(12-10-23)46(37,38)45-31(8,44-30(36)41-20(5)6)21(7)42-29(35)40-19(3)4/h9-21H,1-8H3,(H,37,38)(H,32,33,34). The number of rotatable bonds is 14. The molecular weight excluding hydrogens is 655 g/mol. The second-order valence-corrected chi connectivity index (χ2v) is 13.7. The van der Waals surface area contributed by atoms with Crippen molar-refractivity contribution in [2.24, 2.45) is 0 Å². The molecule has 3 atom stereocenters. The van der Waals surface area contributed by atoms with Crippen LogP contribution in [0.1, 0.15) is 65.7 Å². The van der Waals surface area contributed by atoms with Gasteiger partial charge in [-0.15, -0.1) is 11.3 Å². The van der Waals surface area contributed by atoms with Crippen molar-refractivity contribution < 1.29 is 56.8 Å². The van der Waals surface area contributed by atoms with Crippen LogP contribution in [0.3, 0.4) is 0 Å². The van der Waals surface area contributed by atoms with Gasteiger partial charge in [-0.3, -0.25) is 19.2 Å². The van der Waals surface area contributed by atoms with E-state index in [0.717, 1.165) is 6.92 Å². The maximum Gasteiger partial charge on any atom is 0.511 e. The van der Waals surface area contributed by atoms with E-state index in [1.54, 1.807) is 51.4 Å². The van der Waals surface area contributed by atoms with Crippen molar-refractivity contribution in [3.63, 3.8) is 0 Å². The largest absolute Gasteiger partial charge is 0.511 e. The number of carbonyl (C=O) groups excluding carboxylic acids is 3. The molecule has 3 aromatic rings. The Labute approximate surface area is 276 Å². The Morgan fingerprint density at radius 3 is 2.04 bits per heavy atom. The molecule has 0 saturated heterocycles. The summed E-state index contributed by atoms with van der Waals surface area (Å²) in [5, 5.41) is 4.67. The van der Waals surface area contributed by atoms with Gasteiger partial charge in [-0.1, -0.05) is 0 Å². The molecule has 16 heteroatoms. The second-order valence-electron chi connectivity index (χ2n) is 11.1. The normalized spacial score (nSPS) is 14.5. The van der Waals surface area contributed by atoms with E-state index in [2.05, 4.69) is 10.3 Å². The number of aromatic nitrogens is 1. The minimum Gasteiger partial charge on any atom is -0.491 e. The predicted molar refractivity (Wildman–Crippen MR) is 173 cm³/mol. The number of amides is 1. The molecular formula is C31H39N2O12PS. The smallest absolute Gasteiger partial charge is 0.491 e. The van der Waals surface area contributed by atoms with Gasteiger partial charge in [0, 0.05) is 30.1 Å². The summed E-state index contributed by atoms with van der Waals surface area (Å²) in [7, 11) is -4.76. The molecule has 1 heterocycles. The molecule has 0 fully saturated rings. The van der Waals surface area contributed by atoms with Crippen molar-refractivity contribution in [1.29, 1.82) is 0 Å². The molecule has 0 bridgehead atoms. The zero-order chi connectivity index (χ0) is 34.9. The van der Waals surface area contributed by atoms with E-state index in [-0.39, 0.29) is 28.5 Å². The van der Waals surface area contributed by atoms with Gasteiger partial charge >= 0.3 is 19.9 Å². The summed E-state index contributed by atoms with van der Waals surface area (Å²) in [6, 6.07) is 10.0. The number of thiazole rings is 1. The molecule has 14 nitrogen and oxygen atoms in total. The van der Waals surface area contributed by atoms with Gasteiger partial charge in [-0.05, 0) is 84.9 Å². The molecule has 2 N–H and O–H groups in total. The van der Waals surface area contributed by atoms with Crippen molar-refractivity contribution in [2.75, 3.05) is 5.32 Å². The molecule has 0 radical (unpaired) electrons. The second kappa shape index (κ2) is 16.1. The number of anilines is 1. The Balaban J connectivity index is 1.83. The van der Waals surface area contributed by atoms with E-state index in [4.69, 9.17) is 32.9 Å². The van der Waals surface area contributed by atoms with Gasteiger partial charge in [-0.2, -0.15) is 0 Å². The Morgan fingerprint density at radius 1 is 0.851 bits per heavy atom. The van der Waals surface area contributed by atoms with Crippen LogP contribution < -0.4 is 20.1 Å². The summed E-state index contributed by atoms with van der Waals surface area (Å²) in [6.07, 6.45) is -3.46. The van der Waals surface area contributed by atoms with Gasteiger partial charge in [0.25, 0.3) is 11.7 Å². The fraction of sp³-hybridized carbons (Fsp3) is 0.419. The van der Waals surface area contributed by atoms with Gasteiger partial charge in [0.2, 0.25) is 0 Å². The number of nitrogens with one attached hydrogen (secondary N) is 1. The van der Waals surface area contributed by atoms with Gasteiger partial charge in [-0.25, -0.2) is 14.6 Å². The van der Waals surface area contributed by atoms with Gasteiger partial charge in [0.1, 0.15) is 17.2 Å². The lowest BCUT2D eigenvalue weighted by molar-refractivity contribution is -0.207. The molecule has 256 valence electrons. The van der Waals surface area contributed by atoms with Crippen LogP contribution >= 0.6 is 18.9 Å². The van der Waals surface area contributed by atoms with Crippen LogP contribution in [0.2, 0.25) is 0 Å². The molecule has 0 aliphatic rings. The van der Waals surface area contributed by atoms with Crippen molar-refractivity contribution in [1.82, 2.24) is 4.98 Å². The van der Waals surface area contributed by atoms with Crippen molar-refractivity contribution in [2.45, 2.75) is 85.6 Å². The van der Waals surface area contributed by atoms with E-state index in [0.29, 0.717) is 10.9 Å². The third-order valence-electron chi connectivity index (χ3n) is 5.83. The molecule has 2 aromatic carbocycles. The first kappa shape index (κ1) is 37.3. The zero-order valence-electron chi connectivity index (χ0n) is 27.2. The number of hydrogen-bond acceptors (Lipinski definition) is 13. The maximum atomic E-state index is 13.5. The third-order valence-corrected chi connectivity index (χ3v) is 8.08. The number of hydrogen-bond donors (Lipinski definition) is 2. The van der Waals surface area contributed by atoms with Gasteiger partial charge < -0.3 is 33.3 Å². The highest BCUT2D eigenvalue weighted by Crippen LogP contribution is 2.47. The van der Waals surface area contributed by atoms with E-state index in [1.165, 1.54) is 48.6 Å². The Hall–Kier alpha value is -4.17. The molecule has 0 saturated carbocycles. The SMILES string of the molecule is CC(C)OC(=O)OC(C)C(C)(OC(=O)OC(C)C)OP(=O)(O)c1ccc(Oc2cc(OC(C)C)cc(C(=O)Nc3nccs3)c2)cc1. The molecule has 0 aliphatic carbocycles. The topological polar surface area (TPSA) is 178 Å². The average Bonchev–Trinajstić information content (AvgIpc) is 3.44. The number of ether oxygens (including phenoxy) is 6. The summed E-state index contributed by atoms with van der Waals surface area (Å²) < 4.78 is 51.1. The molecule has 1 aromatic heterocycles. The zero-order valence-corrected chi connectivity index (χ0v) is 29.0. The number of benzene rings is 2. The highest BCUT2D eigenvalue weighted by Gasteiger charge is 2.46. The minimum atomic E-state index is -4.76. The Kier molecular flexibility index (Phi) is 12.8. The highest BCUT2D eigenvalue weighted by atomic mass is 32.1. The lowest BCUT2D eigenvalue weighted by atomic mass is 10.2. The van der Waals surface area contributed by atoms with E-state index < -0.39 is 49.9 Å². The van der Waals surface area contributed by atoms with Crippen LogP contribution in [0, 0.1) is 0 Å². The molecule has 1 amide bonds. The summed E-state index contributed by atoms with van der Waals surface area (Å²) in [6.45, 7) is 12.5. The lowest BCUT2D eigenvalue weighted by Crippen LogP contribution is -2.47. The molecule has 3 rings (SSSR count). The maximum absolute atomic E-state index is 13.5. The van der Waals surface area contributed by atoms with Crippen molar-refractivity contribution in [3.05, 3.63) is 59.6 Å². The van der Waals surface area contributed by atoms with Crippen molar-refractivity contribution >= 4 is 47.6 Å². The van der Waals surface area contributed by atoms with E-state index in [1.807, 2.05) is 13.8 Å². The van der Waals surface area contributed by atoms with E-state index >= 15 is 0 Å². The monoisotopic (exact) mass is 694 g/mol. The fourth-order valence-electron chi connectivity index (χ4n) is 3.72. The Morgan fingerprint density at radius 2 is 1.47 bits per heavy atom. The molecule has 47 heavy (non-hydrogen) atoms. The minimum absolute atomic E-state index is 0.186. The van der Waals surface area contributed by atoms with Crippen LogP contribution in [0.25, 0.3) is 0 Å². The molecule has 0 spiro atoms. The van der Waals surface area contributed by atoms with Crippen LogP contribution in [0.4, 0.5) is 14.7 Å². The average molecular weight is 695 g/mol. The van der Waals surface area contributed by atoms with Crippen LogP contribution in [0.15, 0.2) is 54.0 Å². The highest BCUT2D eigenvalue weighted by molar-refractivity contribution is 7.61. The molecule has 0 aliphatic heterocycles. The first-order valence-electron chi connectivity index (χ1n) is 14.6. The predicted octanol–water partition coefficient (Wildman–Crippen LogP) is 7.03.